The highest BCUT2D eigenvalue weighted by atomic mass is 32.2. The molecule has 0 unspecified atom stereocenters. The van der Waals surface area contributed by atoms with E-state index in [1.807, 2.05) is 39.0 Å². The molecule has 0 aromatic rings. The molecule has 0 aromatic carbocycles. The van der Waals surface area contributed by atoms with Crippen molar-refractivity contribution in [2.45, 2.75) is 59.1 Å². The van der Waals surface area contributed by atoms with Crippen LogP contribution in [0.3, 0.4) is 0 Å². The third kappa shape index (κ3) is 8.19. The Bertz CT molecular complexity index is 799. The molecular weight excluding hydrogens is 396 g/mol. The molecule has 164 valence electrons. The van der Waals surface area contributed by atoms with E-state index in [9.17, 15) is 9.70 Å². The van der Waals surface area contributed by atoms with E-state index in [2.05, 4.69) is 41.7 Å². The molecular formula is C24H34N2O3S. The Morgan fingerprint density at radius 2 is 2.07 bits per heavy atom. The van der Waals surface area contributed by atoms with Crippen molar-refractivity contribution in [1.29, 1.82) is 0 Å². The zero-order chi connectivity index (χ0) is 22.6. The SMILES string of the molecule is C\C=C/C=C(\C=C(/C)OCC)C/C=C1/C(SC(C)(C)C(=O)N=O)=CCN/C1=C/CC. The Morgan fingerprint density at radius 3 is 2.67 bits per heavy atom. The van der Waals surface area contributed by atoms with E-state index in [1.54, 1.807) is 13.8 Å². The number of rotatable bonds is 10. The van der Waals surface area contributed by atoms with Gasteiger partial charge in [0.1, 0.15) is 0 Å². The third-order valence-electron chi connectivity index (χ3n) is 4.31. The van der Waals surface area contributed by atoms with Crippen molar-refractivity contribution in [3.05, 3.63) is 74.9 Å². The number of hydrogen-bond donors (Lipinski definition) is 1. The fourth-order valence-electron chi connectivity index (χ4n) is 2.86. The first-order chi connectivity index (χ1) is 14.3. The van der Waals surface area contributed by atoms with Gasteiger partial charge in [-0.1, -0.05) is 43.4 Å². The highest BCUT2D eigenvalue weighted by Gasteiger charge is 2.32. The fraction of sp³-hybridized carbons (Fsp3) is 0.458. The third-order valence-corrected chi connectivity index (χ3v) is 5.60. The Hall–Kier alpha value is -2.34. The first-order valence-electron chi connectivity index (χ1n) is 10.3. The summed E-state index contributed by atoms with van der Waals surface area (Å²) in [6.07, 6.45) is 16.1. The number of allylic oxidation sites excluding steroid dienone is 9. The van der Waals surface area contributed by atoms with Gasteiger partial charge in [0, 0.05) is 27.9 Å². The lowest BCUT2D eigenvalue weighted by atomic mass is 10.0. The summed E-state index contributed by atoms with van der Waals surface area (Å²) in [7, 11) is 0. The summed E-state index contributed by atoms with van der Waals surface area (Å²) >= 11 is 1.38. The minimum absolute atomic E-state index is 0.630. The Morgan fingerprint density at radius 1 is 1.33 bits per heavy atom. The quantitative estimate of drug-likeness (QED) is 0.249. The predicted octanol–water partition coefficient (Wildman–Crippen LogP) is 6.33. The van der Waals surface area contributed by atoms with Crippen LogP contribution in [-0.2, 0) is 9.53 Å². The Labute approximate surface area is 185 Å². The molecule has 5 nitrogen and oxygen atoms in total. The van der Waals surface area contributed by atoms with Gasteiger partial charge in [-0.3, -0.25) is 4.79 Å². The van der Waals surface area contributed by atoms with Crippen LogP contribution >= 0.6 is 11.8 Å². The second-order valence-corrected chi connectivity index (χ2v) is 8.93. The van der Waals surface area contributed by atoms with E-state index in [0.717, 1.165) is 33.9 Å². The number of carbonyl (C=O) groups is 1. The van der Waals surface area contributed by atoms with Crippen molar-refractivity contribution in [3.8, 4) is 0 Å². The molecule has 30 heavy (non-hydrogen) atoms. The van der Waals surface area contributed by atoms with Gasteiger partial charge in [0.15, 0.2) is 0 Å². The summed E-state index contributed by atoms with van der Waals surface area (Å²) in [6, 6.07) is 0. The zero-order valence-electron chi connectivity index (χ0n) is 19.0. The second kappa shape index (κ2) is 13.1. The zero-order valence-corrected chi connectivity index (χ0v) is 19.8. The lowest BCUT2D eigenvalue weighted by molar-refractivity contribution is -0.119. The largest absolute Gasteiger partial charge is 0.499 e. The predicted molar refractivity (Wildman–Crippen MR) is 128 cm³/mol. The van der Waals surface area contributed by atoms with Crippen LogP contribution in [0, 0.1) is 4.91 Å². The van der Waals surface area contributed by atoms with Crippen LogP contribution in [0.25, 0.3) is 0 Å². The van der Waals surface area contributed by atoms with Crippen LogP contribution in [0.15, 0.2) is 75.2 Å². The number of nitroso groups, excluding NO2 is 1. The van der Waals surface area contributed by atoms with E-state index in [-0.39, 0.29) is 0 Å². The number of amides is 1. The van der Waals surface area contributed by atoms with Gasteiger partial charge in [-0.2, -0.15) is 0 Å². The van der Waals surface area contributed by atoms with Crippen LogP contribution in [0.1, 0.15) is 54.4 Å². The van der Waals surface area contributed by atoms with Gasteiger partial charge in [0.2, 0.25) is 0 Å². The molecule has 1 heterocycles. The number of carbonyl (C=O) groups excluding carboxylic acids is 1. The summed E-state index contributed by atoms with van der Waals surface area (Å²) < 4.78 is 4.67. The second-order valence-electron chi connectivity index (χ2n) is 7.26. The number of hydrogen-bond acceptors (Lipinski definition) is 5. The maximum absolute atomic E-state index is 12.0. The lowest BCUT2D eigenvalue weighted by Gasteiger charge is -2.27. The molecule has 0 spiro atoms. The molecule has 0 aliphatic carbocycles. The van der Waals surface area contributed by atoms with Crippen molar-refractivity contribution < 1.29 is 9.53 Å². The topological polar surface area (TPSA) is 67.8 Å². The highest BCUT2D eigenvalue weighted by molar-refractivity contribution is 8.05. The average Bonchev–Trinajstić information content (AvgIpc) is 2.70. The molecule has 1 aliphatic heterocycles. The van der Waals surface area contributed by atoms with Crippen molar-refractivity contribution in [3.63, 3.8) is 0 Å². The van der Waals surface area contributed by atoms with Gasteiger partial charge in [-0.15, -0.1) is 16.7 Å². The molecule has 0 fully saturated rings. The summed E-state index contributed by atoms with van der Waals surface area (Å²) in [6.45, 7) is 12.8. The lowest BCUT2D eigenvalue weighted by Crippen LogP contribution is -2.28. The molecule has 0 saturated heterocycles. The van der Waals surface area contributed by atoms with Crippen LogP contribution in [-0.4, -0.2) is 23.8 Å². The van der Waals surface area contributed by atoms with Crippen molar-refractivity contribution in [2.75, 3.05) is 13.2 Å². The summed E-state index contributed by atoms with van der Waals surface area (Å²) in [5.74, 6) is 0.211. The molecule has 1 aliphatic rings. The van der Waals surface area contributed by atoms with Gasteiger partial charge >= 0.3 is 5.91 Å². The first kappa shape index (κ1) is 25.7. The number of nitrogens with zero attached hydrogens (tertiary/aromatic N) is 1. The minimum Gasteiger partial charge on any atom is -0.499 e. The highest BCUT2D eigenvalue weighted by Crippen LogP contribution is 2.40. The van der Waals surface area contributed by atoms with Gasteiger partial charge < -0.3 is 10.1 Å². The Balaban J connectivity index is 3.30. The fourth-order valence-corrected chi connectivity index (χ4v) is 4.00. The average molecular weight is 431 g/mol. The monoisotopic (exact) mass is 430 g/mol. The normalized spacial score (nSPS) is 18.5. The molecule has 1 N–H and O–H groups in total. The van der Waals surface area contributed by atoms with Crippen LogP contribution in [0.5, 0.6) is 0 Å². The van der Waals surface area contributed by atoms with E-state index < -0.39 is 10.7 Å². The standard InChI is InChI=1S/C24H34N2O3S/c1-7-10-12-19(17-18(4)29-9-3)13-14-20-21(11-8-2)25-16-15-22(20)30-24(5,6)23(27)26-28/h7,10-12,14-15,17,25H,8-9,13,16H2,1-6H3/b10-7-,18-17+,19-12-,20-14+,21-11+. The van der Waals surface area contributed by atoms with Crippen molar-refractivity contribution in [1.82, 2.24) is 5.32 Å². The Kier molecular flexibility index (Phi) is 11.2. The number of ether oxygens (including phenoxy) is 1. The van der Waals surface area contributed by atoms with E-state index in [0.29, 0.717) is 19.6 Å². The number of nitrogens with one attached hydrogen (secondary N) is 1. The molecule has 1 amide bonds. The molecule has 0 radical (unpaired) electrons. The van der Waals surface area contributed by atoms with Gasteiger partial charge in [-0.25, -0.2) is 0 Å². The maximum atomic E-state index is 12.0. The first-order valence-corrected chi connectivity index (χ1v) is 11.1. The molecule has 0 aromatic heterocycles. The molecule has 0 bridgehead atoms. The van der Waals surface area contributed by atoms with Crippen LogP contribution < -0.4 is 5.32 Å². The molecule has 0 saturated carbocycles. The van der Waals surface area contributed by atoms with Crippen LogP contribution in [0.4, 0.5) is 0 Å². The molecule has 6 heteroatoms. The van der Waals surface area contributed by atoms with Crippen LogP contribution in [0.2, 0.25) is 0 Å². The van der Waals surface area contributed by atoms with Gasteiger partial charge in [-0.05, 0) is 59.1 Å². The minimum atomic E-state index is -0.920. The summed E-state index contributed by atoms with van der Waals surface area (Å²) in [5, 5.41) is 6.06. The molecule has 1 rings (SSSR count). The van der Waals surface area contributed by atoms with E-state index >= 15 is 0 Å². The maximum Gasteiger partial charge on any atom is 0.302 e. The smallest absolute Gasteiger partial charge is 0.302 e. The van der Waals surface area contributed by atoms with Gasteiger partial charge in [0.05, 0.1) is 17.1 Å². The van der Waals surface area contributed by atoms with Gasteiger partial charge in [0.25, 0.3) is 0 Å². The number of thioether (sulfide) groups is 1. The van der Waals surface area contributed by atoms with E-state index in [4.69, 9.17) is 4.74 Å². The summed E-state index contributed by atoms with van der Waals surface area (Å²) in [4.78, 5) is 23.8. The molecule has 0 atom stereocenters. The van der Waals surface area contributed by atoms with Crippen molar-refractivity contribution >= 4 is 17.7 Å². The van der Waals surface area contributed by atoms with E-state index in [1.165, 1.54) is 11.8 Å². The summed E-state index contributed by atoms with van der Waals surface area (Å²) in [5.41, 5.74) is 3.19. The van der Waals surface area contributed by atoms with Crippen molar-refractivity contribution in [2.24, 2.45) is 5.18 Å².